The number of carbonyl (C=O) groups is 1. The van der Waals surface area contributed by atoms with Gasteiger partial charge in [-0.15, -0.1) is 11.3 Å². The van der Waals surface area contributed by atoms with Crippen LogP contribution in [0.1, 0.15) is 23.5 Å². The van der Waals surface area contributed by atoms with E-state index >= 15 is 0 Å². The first-order valence-electron chi connectivity index (χ1n) is 6.11. The largest absolute Gasteiger partial charge is 0.434 e. The Morgan fingerprint density at radius 2 is 2.16 bits per heavy atom. The SMILES string of the molecule is O=CN1CC2(CC(Cc3nc(C(F)(F)F)cs3)C2)C1. The molecule has 19 heavy (non-hydrogen) atoms. The Labute approximate surface area is 112 Å². The number of nitrogens with zero attached hydrogens (tertiary/aromatic N) is 2. The first-order valence-corrected chi connectivity index (χ1v) is 6.99. The summed E-state index contributed by atoms with van der Waals surface area (Å²) in [6.45, 7) is 1.61. The van der Waals surface area contributed by atoms with Crippen molar-refractivity contribution < 1.29 is 18.0 Å². The molecule has 1 aliphatic heterocycles. The van der Waals surface area contributed by atoms with Gasteiger partial charge in [0.05, 0.1) is 5.01 Å². The number of thiazole rings is 1. The van der Waals surface area contributed by atoms with E-state index in [4.69, 9.17) is 0 Å². The molecule has 1 saturated carbocycles. The summed E-state index contributed by atoms with van der Waals surface area (Å²) in [7, 11) is 0. The predicted octanol–water partition coefficient (Wildman–Crippen LogP) is 2.57. The molecule has 0 N–H and O–H groups in total. The molecule has 2 heterocycles. The molecule has 1 aromatic rings. The molecule has 1 saturated heterocycles. The minimum absolute atomic E-state index is 0.260. The summed E-state index contributed by atoms with van der Waals surface area (Å²) < 4.78 is 37.2. The van der Waals surface area contributed by atoms with Gasteiger partial charge in [0, 0.05) is 30.3 Å². The molecule has 7 heteroatoms. The van der Waals surface area contributed by atoms with E-state index in [0.29, 0.717) is 17.3 Å². The molecule has 0 atom stereocenters. The third-order valence-corrected chi connectivity index (χ3v) is 4.85. The lowest BCUT2D eigenvalue weighted by molar-refractivity contribution is -0.141. The molecule has 104 valence electrons. The lowest BCUT2D eigenvalue weighted by Gasteiger charge is -2.58. The van der Waals surface area contributed by atoms with Crippen LogP contribution < -0.4 is 0 Å². The average Bonchev–Trinajstić information content (AvgIpc) is 2.67. The molecule has 3 rings (SSSR count). The summed E-state index contributed by atoms with van der Waals surface area (Å²) in [6, 6.07) is 0. The molecule has 1 amide bonds. The number of carbonyl (C=O) groups excluding carboxylic acids is 1. The van der Waals surface area contributed by atoms with Crippen LogP contribution >= 0.6 is 11.3 Å². The molecule has 0 bridgehead atoms. The minimum atomic E-state index is -4.34. The topological polar surface area (TPSA) is 33.2 Å². The molecule has 0 aromatic carbocycles. The van der Waals surface area contributed by atoms with E-state index in [-0.39, 0.29) is 5.41 Å². The third-order valence-electron chi connectivity index (χ3n) is 3.97. The average molecular weight is 290 g/mol. The van der Waals surface area contributed by atoms with E-state index in [2.05, 4.69) is 4.98 Å². The number of alkyl halides is 3. The highest BCUT2D eigenvalue weighted by Crippen LogP contribution is 2.52. The van der Waals surface area contributed by atoms with E-state index in [0.717, 1.165) is 49.1 Å². The molecule has 2 fully saturated rings. The Kier molecular flexibility index (Phi) is 2.85. The van der Waals surface area contributed by atoms with Gasteiger partial charge in [0.25, 0.3) is 0 Å². The van der Waals surface area contributed by atoms with Crippen molar-refractivity contribution in [3.05, 3.63) is 16.1 Å². The number of rotatable bonds is 3. The summed E-state index contributed by atoms with van der Waals surface area (Å²) in [5.41, 5.74) is -0.521. The molecule has 0 radical (unpaired) electrons. The predicted molar refractivity (Wildman–Crippen MR) is 63.6 cm³/mol. The van der Waals surface area contributed by atoms with Crippen molar-refractivity contribution in [3.8, 4) is 0 Å². The van der Waals surface area contributed by atoms with Crippen molar-refractivity contribution in [2.75, 3.05) is 13.1 Å². The van der Waals surface area contributed by atoms with Crippen LogP contribution in [0.3, 0.4) is 0 Å². The van der Waals surface area contributed by atoms with Gasteiger partial charge in [-0.2, -0.15) is 13.2 Å². The summed E-state index contributed by atoms with van der Waals surface area (Å²) >= 11 is 1.09. The smallest absolute Gasteiger partial charge is 0.344 e. The second-order valence-electron chi connectivity index (χ2n) is 5.61. The fourth-order valence-corrected chi connectivity index (χ4v) is 4.16. The molecule has 2 aliphatic rings. The lowest BCUT2D eigenvalue weighted by Crippen LogP contribution is -2.61. The van der Waals surface area contributed by atoms with Crippen LogP contribution in [-0.2, 0) is 17.4 Å². The number of hydrogen-bond acceptors (Lipinski definition) is 3. The summed E-state index contributed by atoms with van der Waals surface area (Å²) in [5, 5.41) is 1.65. The highest BCUT2D eigenvalue weighted by atomic mass is 32.1. The highest BCUT2D eigenvalue weighted by Gasteiger charge is 2.51. The van der Waals surface area contributed by atoms with Gasteiger partial charge in [-0.05, 0) is 18.8 Å². The van der Waals surface area contributed by atoms with Gasteiger partial charge < -0.3 is 4.90 Å². The molecular weight excluding hydrogens is 277 g/mol. The first kappa shape index (κ1) is 12.9. The number of amides is 1. The van der Waals surface area contributed by atoms with Crippen molar-refractivity contribution in [2.45, 2.75) is 25.4 Å². The van der Waals surface area contributed by atoms with Crippen molar-refractivity contribution in [2.24, 2.45) is 11.3 Å². The second-order valence-corrected chi connectivity index (χ2v) is 6.56. The van der Waals surface area contributed by atoms with Crippen LogP contribution in [0, 0.1) is 11.3 Å². The normalized spacial score (nSPS) is 22.2. The minimum Gasteiger partial charge on any atom is -0.344 e. The molecule has 1 spiro atoms. The van der Waals surface area contributed by atoms with Gasteiger partial charge in [0.1, 0.15) is 0 Å². The fourth-order valence-electron chi connectivity index (χ4n) is 3.24. The zero-order chi connectivity index (χ0) is 13.7. The summed E-state index contributed by atoms with van der Waals surface area (Å²) in [6.07, 6.45) is -0.858. The van der Waals surface area contributed by atoms with Gasteiger partial charge >= 0.3 is 6.18 Å². The second kappa shape index (κ2) is 4.19. The third kappa shape index (κ3) is 2.35. The van der Waals surface area contributed by atoms with E-state index in [1.807, 2.05) is 0 Å². The van der Waals surface area contributed by atoms with Crippen molar-refractivity contribution in [3.63, 3.8) is 0 Å². The molecule has 3 nitrogen and oxygen atoms in total. The quantitative estimate of drug-likeness (QED) is 0.802. The van der Waals surface area contributed by atoms with Crippen LogP contribution in [-0.4, -0.2) is 29.4 Å². The lowest BCUT2D eigenvalue weighted by atomic mass is 9.57. The number of halogens is 3. The van der Waals surface area contributed by atoms with Crippen molar-refractivity contribution in [1.29, 1.82) is 0 Å². The number of likely N-dealkylation sites (tertiary alicyclic amines) is 1. The maximum absolute atomic E-state index is 12.4. The van der Waals surface area contributed by atoms with Crippen LogP contribution in [0.4, 0.5) is 13.2 Å². The first-order chi connectivity index (χ1) is 8.90. The Morgan fingerprint density at radius 1 is 1.47 bits per heavy atom. The zero-order valence-corrected chi connectivity index (χ0v) is 10.9. The van der Waals surface area contributed by atoms with Crippen LogP contribution in [0.2, 0.25) is 0 Å². The molecule has 1 aromatic heterocycles. The fraction of sp³-hybridized carbons (Fsp3) is 0.667. The monoisotopic (exact) mass is 290 g/mol. The Balaban J connectivity index is 1.52. The van der Waals surface area contributed by atoms with Gasteiger partial charge in [0.2, 0.25) is 6.41 Å². The van der Waals surface area contributed by atoms with Crippen molar-refractivity contribution >= 4 is 17.7 Å². The molecule has 1 aliphatic carbocycles. The summed E-state index contributed by atoms with van der Waals surface area (Å²) in [5.74, 6) is 0.418. The van der Waals surface area contributed by atoms with E-state index in [1.54, 1.807) is 4.90 Å². The Morgan fingerprint density at radius 3 is 2.68 bits per heavy atom. The highest BCUT2D eigenvalue weighted by molar-refractivity contribution is 7.09. The van der Waals surface area contributed by atoms with E-state index in [1.165, 1.54) is 0 Å². The molecule has 0 unspecified atom stereocenters. The van der Waals surface area contributed by atoms with Gasteiger partial charge in [-0.3, -0.25) is 4.79 Å². The van der Waals surface area contributed by atoms with E-state index in [9.17, 15) is 18.0 Å². The number of hydrogen-bond donors (Lipinski definition) is 0. The summed E-state index contributed by atoms with van der Waals surface area (Å²) in [4.78, 5) is 15.9. The van der Waals surface area contributed by atoms with Gasteiger partial charge in [0.15, 0.2) is 5.69 Å². The molecular formula is C12H13F3N2OS. The Bertz CT molecular complexity index is 485. The van der Waals surface area contributed by atoms with Crippen molar-refractivity contribution in [1.82, 2.24) is 9.88 Å². The van der Waals surface area contributed by atoms with Gasteiger partial charge in [-0.1, -0.05) is 0 Å². The Hall–Kier alpha value is -1.11. The maximum Gasteiger partial charge on any atom is 0.434 e. The van der Waals surface area contributed by atoms with Crippen LogP contribution in [0.25, 0.3) is 0 Å². The van der Waals surface area contributed by atoms with Crippen LogP contribution in [0.15, 0.2) is 5.38 Å². The standard InChI is InChI=1S/C12H13F3N2OS/c13-12(14,15)9-4-19-10(16-9)1-8-2-11(3-8)5-17(6-11)7-18/h4,7-8H,1-3,5-6H2. The number of aromatic nitrogens is 1. The van der Waals surface area contributed by atoms with Gasteiger partial charge in [-0.25, -0.2) is 4.98 Å². The maximum atomic E-state index is 12.4. The van der Waals surface area contributed by atoms with Crippen LogP contribution in [0.5, 0.6) is 0 Å². The van der Waals surface area contributed by atoms with E-state index < -0.39 is 11.9 Å². The zero-order valence-electron chi connectivity index (χ0n) is 10.1.